The van der Waals surface area contributed by atoms with Crippen LogP contribution >= 0.6 is 0 Å². The molecule has 2 amide bonds. The largest absolute Gasteiger partial charge is 0.481 e. The maximum atomic E-state index is 13.6. The van der Waals surface area contributed by atoms with Gasteiger partial charge in [-0.25, -0.2) is 4.98 Å². The molecular formula is C27H27F2N5O3. The van der Waals surface area contributed by atoms with Crippen LogP contribution in [0.2, 0.25) is 0 Å². The average molecular weight is 508 g/mol. The van der Waals surface area contributed by atoms with Crippen molar-refractivity contribution in [1.82, 2.24) is 10.3 Å². The third-order valence-electron chi connectivity index (χ3n) is 6.14. The molecule has 4 rings (SSSR count). The van der Waals surface area contributed by atoms with Crippen LogP contribution in [0.1, 0.15) is 36.1 Å². The highest BCUT2D eigenvalue weighted by Crippen LogP contribution is 2.39. The summed E-state index contributed by atoms with van der Waals surface area (Å²) in [5.41, 5.74) is 3.31. The zero-order valence-electron chi connectivity index (χ0n) is 20.4. The molecule has 192 valence electrons. The number of rotatable bonds is 9. The quantitative estimate of drug-likeness (QED) is 0.374. The van der Waals surface area contributed by atoms with Gasteiger partial charge >= 0.3 is 5.92 Å². The summed E-state index contributed by atoms with van der Waals surface area (Å²) >= 11 is 0. The Morgan fingerprint density at radius 1 is 1.22 bits per heavy atom. The first kappa shape index (κ1) is 25.7. The van der Waals surface area contributed by atoms with Crippen LogP contribution in [0.3, 0.4) is 0 Å². The number of alkyl halides is 2. The molecule has 0 radical (unpaired) electrons. The van der Waals surface area contributed by atoms with Gasteiger partial charge in [0.15, 0.2) is 0 Å². The van der Waals surface area contributed by atoms with E-state index in [1.165, 1.54) is 11.1 Å². The van der Waals surface area contributed by atoms with Gasteiger partial charge in [-0.2, -0.15) is 8.78 Å². The molecule has 0 saturated carbocycles. The number of benzene rings is 2. The summed E-state index contributed by atoms with van der Waals surface area (Å²) in [4.78, 5) is 30.9. The van der Waals surface area contributed by atoms with Gasteiger partial charge in [0.1, 0.15) is 0 Å². The number of methoxy groups -OCH3 is 1. The summed E-state index contributed by atoms with van der Waals surface area (Å²) in [5, 5.41) is 13.5. The van der Waals surface area contributed by atoms with Crippen molar-refractivity contribution < 1.29 is 23.1 Å². The number of ether oxygens (including phenoxy) is 1. The number of hydrogen-bond donors (Lipinski definition) is 3. The Morgan fingerprint density at radius 2 is 1.97 bits per heavy atom. The van der Waals surface area contributed by atoms with Crippen LogP contribution in [0.15, 0.2) is 66.9 Å². The lowest BCUT2D eigenvalue weighted by atomic mass is 9.99. The summed E-state index contributed by atoms with van der Waals surface area (Å²) < 4.78 is 32.4. The van der Waals surface area contributed by atoms with E-state index < -0.39 is 23.9 Å². The second-order valence-corrected chi connectivity index (χ2v) is 8.77. The van der Waals surface area contributed by atoms with Gasteiger partial charge in [-0.15, -0.1) is 0 Å². The van der Waals surface area contributed by atoms with Crippen molar-refractivity contribution in [3.8, 4) is 5.88 Å². The van der Waals surface area contributed by atoms with Crippen LogP contribution in [-0.2, 0) is 16.1 Å². The van der Waals surface area contributed by atoms with Gasteiger partial charge in [0.25, 0.3) is 5.91 Å². The Bertz CT molecular complexity index is 1280. The number of halogens is 2. The van der Waals surface area contributed by atoms with Gasteiger partial charge in [0.2, 0.25) is 11.8 Å². The minimum atomic E-state index is -3.57. The number of hydrogen-bond acceptors (Lipinski definition) is 6. The average Bonchev–Trinajstić information content (AvgIpc) is 3.22. The Morgan fingerprint density at radius 3 is 2.59 bits per heavy atom. The SMILES string of the molecule is COc1ccc(CNc2ccc(N3C(=O)C[C@H](NC(=O)C(C)(F)F)[C@H]3c3ccccc3)cc2C=N)cn1. The number of pyridine rings is 1. The molecule has 1 aliphatic heterocycles. The van der Waals surface area contributed by atoms with E-state index in [1.807, 2.05) is 12.1 Å². The number of carbonyl (C=O) groups excluding carboxylic acids is 2. The molecule has 1 fully saturated rings. The summed E-state index contributed by atoms with van der Waals surface area (Å²) in [6, 6.07) is 16.2. The van der Waals surface area contributed by atoms with Crippen molar-refractivity contribution >= 4 is 29.4 Å². The first-order valence-corrected chi connectivity index (χ1v) is 11.6. The van der Waals surface area contributed by atoms with Crippen LogP contribution in [0.5, 0.6) is 5.88 Å². The van der Waals surface area contributed by atoms with Gasteiger partial charge in [-0.05, 0) is 29.3 Å². The molecule has 2 heterocycles. The van der Waals surface area contributed by atoms with Crippen LogP contribution in [0.4, 0.5) is 20.2 Å². The van der Waals surface area contributed by atoms with Gasteiger partial charge in [0, 0.05) is 55.3 Å². The number of amides is 2. The van der Waals surface area contributed by atoms with E-state index in [0.29, 0.717) is 41.9 Å². The zero-order valence-corrected chi connectivity index (χ0v) is 20.4. The Kier molecular flexibility index (Phi) is 7.47. The molecular weight excluding hydrogens is 480 g/mol. The first-order chi connectivity index (χ1) is 17.7. The lowest BCUT2D eigenvalue weighted by Crippen LogP contribution is -2.46. The number of aromatic nitrogens is 1. The summed E-state index contributed by atoms with van der Waals surface area (Å²) in [5.74, 6) is -4.81. The minimum Gasteiger partial charge on any atom is -0.481 e. The lowest BCUT2D eigenvalue weighted by molar-refractivity contribution is -0.143. The third-order valence-corrected chi connectivity index (χ3v) is 6.14. The molecule has 0 unspecified atom stereocenters. The van der Waals surface area contributed by atoms with Crippen LogP contribution in [-0.4, -0.2) is 42.1 Å². The maximum absolute atomic E-state index is 13.6. The van der Waals surface area contributed by atoms with Crippen LogP contribution < -0.4 is 20.3 Å². The van der Waals surface area contributed by atoms with Crippen LogP contribution in [0.25, 0.3) is 0 Å². The molecule has 1 saturated heterocycles. The van der Waals surface area contributed by atoms with Crippen molar-refractivity contribution in [3.05, 3.63) is 83.6 Å². The molecule has 3 N–H and O–H groups in total. The second-order valence-electron chi connectivity index (χ2n) is 8.77. The van der Waals surface area contributed by atoms with Crippen molar-refractivity contribution in [3.63, 3.8) is 0 Å². The topological polar surface area (TPSA) is 107 Å². The molecule has 1 aromatic heterocycles. The minimum absolute atomic E-state index is 0.133. The third kappa shape index (κ3) is 5.74. The molecule has 2 atom stereocenters. The number of anilines is 2. The maximum Gasteiger partial charge on any atom is 0.321 e. The van der Waals surface area contributed by atoms with Gasteiger partial charge in [0.05, 0.1) is 19.2 Å². The summed E-state index contributed by atoms with van der Waals surface area (Å²) in [6.07, 6.45) is 2.73. The highest BCUT2D eigenvalue weighted by Gasteiger charge is 2.45. The molecule has 3 aromatic rings. The van der Waals surface area contributed by atoms with E-state index in [1.54, 1.807) is 61.8 Å². The van der Waals surface area contributed by atoms with E-state index in [4.69, 9.17) is 10.1 Å². The number of carbonyl (C=O) groups is 2. The van der Waals surface area contributed by atoms with E-state index in [0.717, 1.165) is 5.56 Å². The van der Waals surface area contributed by atoms with Gasteiger partial charge < -0.3 is 25.7 Å². The fourth-order valence-electron chi connectivity index (χ4n) is 4.31. The predicted octanol–water partition coefficient (Wildman–Crippen LogP) is 4.32. The molecule has 10 heteroatoms. The fourth-order valence-corrected chi connectivity index (χ4v) is 4.31. The summed E-state index contributed by atoms with van der Waals surface area (Å²) in [6.45, 7) is 0.976. The molecule has 0 spiro atoms. The predicted molar refractivity (Wildman–Crippen MR) is 136 cm³/mol. The number of nitrogens with zero attached hydrogens (tertiary/aromatic N) is 2. The summed E-state index contributed by atoms with van der Waals surface area (Å²) in [7, 11) is 1.54. The van der Waals surface area contributed by atoms with Crippen molar-refractivity contribution in [1.29, 1.82) is 5.41 Å². The van der Waals surface area contributed by atoms with Crippen molar-refractivity contribution in [2.75, 3.05) is 17.3 Å². The number of nitrogens with one attached hydrogen (secondary N) is 3. The van der Waals surface area contributed by atoms with Crippen molar-refractivity contribution in [2.45, 2.75) is 37.9 Å². The smallest absolute Gasteiger partial charge is 0.321 e. The Labute approximate surface area is 213 Å². The van der Waals surface area contributed by atoms with E-state index in [-0.39, 0.29) is 12.3 Å². The lowest BCUT2D eigenvalue weighted by Gasteiger charge is -2.30. The molecule has 8 nitrogen and oxygen atoms in total. The second kappa shape index (κ2) is 10.7. The molecule has 1 aliphatic rings. The fraction of sp³-hybridized carbons (Fsp3) is 0.259. The Balaban J connectivity index is 1.61. The normalized spacial score (nSPS) is 17.4. The standard InChI is InChI=1S/C27H27F2N5O3/c1-27(28,29)26(36)33-22-13-24(35)34(25(22)18-6-4-3-5-7-18)20-9-10-21(19(12-20)14-30)31-15-17-8-11-23(37-2)32-16-17/h3-12,14,16,22,25,30-31H,13,15H2,1-2H3,(H,33,36)/t22-,25+/m0/s1. The Hall–Kier alpha value is -4.34. The first-order valence-electron chi connectivity index (χ1n) is 11.6. The highest BCUT2D eigenvalue weighted by molar-refractivity contribution is 6.00. The highest BCUT2D eigenvalue weighted by atomic mass is 19.3. The van der Waals surface area contributed by atoms with Crippen LogP contribution in [0, 0.1) is 5.41 Å². The molecule has 0 aliphatic carbocycles. The van der Waals surface area contributed by atoms with E-state index in [2.05, 4.69) is 15.6 Å². The van der Waals surface area contributed by atoms with Gasteiger partial charge in [-0.3, -0.25) is 9.59 Å². The monoisotopic (exact) mass is 507 g/mol. The van der Waals surface area contributed by atoms with E-state index >= 15 is 0 Å². The molecule has 0 bridgehead atoms. The molecule has 2 aromatic carbocycles. The van der Waals surface area contributed by atoms with E-state index in [9.17, 15) is 18.4 Å². The zero-order chi connectivity index (χ0) is 26.6. The molecule has 37 heavy (non-hydrogen) atoms. The van der Waals surface area contributed by atoms with Crippen molar-refractivity contribution in [2.24, 2.45) is 0 Å². The van der Waals surface area contributed by atoms with Gasteiger partial charge in [-0.1, -0.05) is 36.4 Å².